The molecule has 0 aromatic heterocycles. The van der Waals surface area contributed by atoms with Crippen molar-refractivity contribution in [2.75, 3.05) is 6.61 Å². The summed E-state index contributed by atoms with van der Waals surface area (Å²) in [5, 5.41) is 9.08. The Kier molecular flexibility index (Phi) is 5.71. The van der Waals surface area contributed by atoms with Gasteiger partial charge >= 0.3 is 0 Å². The lowest BCUT2D eigenvalue weighted by atomic mass is 10.2. The molecule has 0 unspecified atom stereocenters. The van der Waals surface area contributed by atoms with Crippen molar-refractivity contribution in [1.82, 2.24) is 10.9 Å². The number of halogens is 2. The van der Waals surface area contributed by atoms with Crippen molar-refractivity contribution in [3.8, 4) is 11.8 Å². The van der Waals surface area contributed by atoms with E-state index < -0.39 is 24.2 Å². The van der Waals surface area contributed by atoms with Gasteiger partial charge in [0.05, 0.1) is 11.1 Å². The molecule has 2 aromatic rings. The fraction of sp³-hybridized carbons (Fsp3) is 0.0625. The van der Waals surface area contributed by atoms with Gasteiger partial charge in [-0.15, -0.1) is 0 Å². The number of hydrogen-bond acceptors (Lipinski definition) is 4. The highest BCUT2D eigenvalue weighted by Crippen LogP contribution is 2.16. The average Bonchev–Trinajstić information content (AvgIpc) is 2.60. The summed E-state index contributed by atoms with van der Waals surface area (Å²) < 4.78 is 18.7. The molecule has 0 atom stereocenters. The summed E-state index contributed by atoms with van der Waals surface area (Å²) in [6.45, 7) is -0.434. The van der Waals surface area contributed by atoms with Crippen LogP contribution in [0.25, 0.3) is 0 Å². The molecule has 6 nitrogen and oxygen atoms in total. The van der Waals surface area contributed by atoms with E-state index in [1.807, 2.05) is 11.5 Å². The predicted molar refractivity (Wildman–Crippen MR) is 83.7 cm³/mol. The molecule has 8 heteroatoms. The zero-order chi connectivity index (χ0) is 17.5. The zero-order valence-corrected chi connectivity index (χ0v) is 12.9. The summed E-state index contributed by atoms with van der Waals surface area (Å²) in [6.07, 6.45) is 0. The van der Waals surface area contributed by atoms with Gasteiger partial charge in [-0.25, -0.2) is 4.39 Å². The van der Waals surface area contributed by atoms with Gasteiger partial charge in [0.15, 0.2) is 6.61 Å². The Morgan fingerprint density at radius 1 is 1.21 bits per heavy atom. The highest BCUT2D eigenvalue weighted by molar-refractivity contribution is 6.31. The standard InChI is InChI=1S/C16H11ClFN3O3/c17-11-5-6-13(18)12(7-11)16(23)21-20-15(22)9-24-14-4-2-1-3-10(14)8-19/h1-7H,9H2,(H,20,22)(H,21,23). The summed E-state index contributed by atoms with van der Waals surface area (Å²) in [7, 11) is 0. The van der Waals surface area contributed by atoms with Gasteiger partial charge in [0.2, 0.25) is 0 Å². The number of rotatable bonds is 4. The molecular formula is C16H11ClFN3O3. The third kappa shape index (κ3) is 4.44. The van der Waals surface area contributed by atoms with Crippen LogP contribution >= 0.6 is 11.6 Å². The van der Waals surface area contributed by atoms with E-state index in [0.717, 1.165) is 12.1 Å². The molecule has 0 aliphatic rings. The van der Waals surface area contributed by atoms with Crippen LogP contribution in [0.15, 0.2) is 42.5 Å². The molecule has 122 valence electrons. The maximum Gasteiger partial charge on any atom is 0.276 e. The Hall–Kier alpha value is -3.11. The van der Waals surface area contributed by atoms with Crippen LogP contribution in [-0.4, -0.2) is 18.4 Å². The Morgan fingerprint density at radius 2 is 1.96 bits per heavy atom. The second-order valence-electron chi connectivity index (χ2n) is 4.52. The van der Waals surface area contributed by atoms with Crippen LogP contribution in [0.3, 0.4) is 0 Å². The van der Waals surface area contributed by atoms with E-state index in [-0.39, 0.29) is 21.9 Å². The van der Waals surface area contributed by atoms with Crippen molar-refractivity contribution in [2.24, 2.45) is 0 Å². The number of ether oxygens (including phenoxy) is 1. The zero-order valence-electron chi connectivity index (χ0n) is 12.2. The first-order valence-corrected chi connectivity index (χ1v) is 7.05. The fourth-order valence-electron chi connectivity index (χ4n) is 1.73. The first-order chi connectivity index (χ1) is 11.5. The lowest BCUT2D eigenvalue weighted by Gasteiger charge is -2.10. The van der Waals surface area contributed by atoms with Gasteiger partial charge in [0, 0.05) is 5.02 Å². The van der Waals surface area contributed by atoms with E-state index in [1.54, 1.807) is 12.1 Å². The van der Waals surface area contributed by atoms with Gasteiger partial charge in [-0.1, -0.05) is 23.7 Å². The number of carbonyl (C=O) groups excluding carboxylic acids is 2. The number of para-hydroxylation sites is 1. The van der Waals surface area contributed by atoms with Crippen LogP contribution in [0.5, 0.6) is 5.75 Å². The molecule has 24 heavy (non-hydrogen) atoms. The molecule has 2 aromatic carbocycles. The molecule has 0 aliphatic heterocycles. The van der Waals surface area contributed by atoms with Crippen LogP contribution < -0.4 is 15.6 Å². The SMILES string of the molecule is N#Cc1ccccc1OCC(=O)NNC(=O)c1cc(Cl)ccc1F. The fourth-order valence-corrected chi connectivity index (χ4v) is 1.90. The Bertz CT molecular complexity index is 820. The first kappa shape index (κ1) is 17.2. The van der Waals surface area contributed by atoms with Crippen LogP contribution in [-0.2, 0) is 4.79 Å². The summed E-state index contributed by atoms with van der Waals surface area (Å²) in [5.74, 6) is -2.08. The summed E-state index contributed by atoms with van der Waals surface area (Å²) >= 11 is 5.69. The lowest BCUT2D eigenvalue weighted by Crippen LogP contribution is -2.44. The predicted octanol–water partition coefficient (Wildman–Crippen LogP) is 2.19. The Balaban J connectivity index is 1.88. The third-order valence-electron chi connectivity index (χ3n) is 2.85. The van der Waals surface area contributed by atoms with E-state index in [9.17, 15) is 14.0 Å². The van der Waals surface area contributed by atoms with Crippen molar-refractivity contribution in [3.63, 3.8) is 0 Å². The van der Waals surface area contributed by atoms with Crippen LogP contribution in [0.4, 0.5) is 4.39 Å². The largest absolute Gasteiger partial charge is 0.482 e. The molecule has 0 radical (unpaired) electrons. The third-order valence-corrected chi connectivity index (χ3v) is 3.09. The highest BCUT2D eigenvalue weighted by Gasteiger charge is 2.13. The van der Waals surface area contributed by atoms with Crippen molar-refractivity contribution in [3.05, 3.63) is 64.4 Å². The van der Waals surface area contributed by atoms with Crippen molar-refractivity contribution < 1.29 is 18.7 Å². The summed E-state index contributed by atoms with van der Waals surface area (Å²) in [6, 6.07) is 11.8. The summed E-state index contributed by atoms with van der Waals surface area (Å²) in [5.41, 5.74) is 4.10. The van der Waals surface area contributed by atoms with Gasteiger partial charge in [0.1, 0.15) is 17.6 Å². The van der Waals surface area contributed by atoms with Crippen LogP contribution in [0, 0.1) is 17.1 Å². The van der Waals surface area contributed by atoms with Crippen molar-refractivity contribution in [2.45, 2.75) is 0 Å². The quantitative estimate of drug-likeness (QED) is 0.829. The van der Waals surface area contributed by atoms with E-state index in [0.29, 0.717) is 0 Å². The number of nitrogens with one attached hydrogen (secondary N) is 2. The Labute approximate surface area is 141 Å². The second kappa shape index (κ2) is 7.94. The van der Waals surface area contributed by atoms with Crippen molar-refractivity contribution in [1.29, 1.82) is 5.26 Å². The molecule has 2 rings (SSSR count). The van der Waals surface area contributed by atoms with Gasteiger partial charge < -0.3 is 4.74 Å². The second-order valence-corrected chi connectivity index (χ2v) is 4.96. The number of amides is 2. The minimum atomic E-state index is -0.860. The molecular weight excluding hydrogens is 337 g/mol. The topological polar surface area (TPSA) is 91.2 Å². The number of nitriles is 1. The molecule has 2 N–H and O–H groups in total. The Morgan fingerprint density at radius 3 is 2.71 bits per heavy atom. The lowest BCUT2D eigenvalue weighted by molar-refractivity contribution is -0.123. The minimum absolute atomic E-state index is 0.185. The molecule has 0 bridgehead atoms. The van der Waals surface area contributed by atoms with Crippen molar-refractivity contribution >= 4 is 23.4 Å². The van der Waals surface area contributed by atoms with E-state index in [2.05, 4.69) is 5.43 Å². The smallest absolute Gasteiger partial charge is 0.276 e. The van der Waals surface area contributed by atoms with E-state index in [1.165, 1.54) is 18.2 Å². The maximum atomic E-state index is 13.5. The molecule has 0 saturated carbocycles. The normalized spacial score (nSPS) is 9.71. The number of hydrazine groups is 1. The number of hydrogen-bond donors (Lipinski definition) is 2. The van der Waals surface area contributed by atoms with Gasteiger partial charge in [-0.05, 0) is 30.3 Å². The number of carbonyl (C=O) groups is 2. The molecule has 2 amide bonds. The number of benzene rings is 2. The molecule has 0 spiro atoms. The van der Waals surface area contributed by atoms with Crippen LogP contribution in [0.2, 0.25) is 5.02 Å². The summed E-state index contributed by atoms with van der Waals surface area (Å²) in [4.78, 5) is 23.4. The maximum absolute atomic E-state index is 13.5. The minimum Gasteiger partial charge on any atom is -0.482 e. The van der Waals surface area contributed by atoms with Gasteiger partial charge in [-0.2, -0.15) is 5.26 Å². The number of nitrogens with zero attached hydrogens (tertiary/aromatic N) is 1. The molecule has 0 heterocycles. The molecule has 0 fully saturated rings. The van der Waals surface area contributed by atoms with Crippen LogP contribution in [0.1, 0.15) is 15.9 Å². The molecule has 0 saturated heterocycles. The van der Waals surface area contributed by atoms with Gasteiger partial charge in [0.25, 0.3) is 11.8 Å². The molecule has 0 aliphatic carbocycles. The van der Waals surface area contributed by atoms with Gasteiger partial charge in [-0.3, -0.25) is 20.4 Å². The van der Waals surface area contributed by atoms with E-state index in [4.69, 9.17) is 21.6 Å². The first-order valence-electron chi connectivity index (χ1n) is 6.67. The van der Waals surface area contributed by atoms with E-state index >= 15 is 0 Å². The monoisotopic (exact) mass is 347 g/mol. The highest BCUT2D eigenvalue weighted by atomic mass is 35.5. The average molecular weight is 348 g/mol.